The average Bonchev–Trinajstić information content (AvgIpc) is 2.25. The van der Waals surface area contributed by atoms with Crippen LogP contribution in [0.1, 0.15) is 26.3 Å². The van der Waals surface area contributed by atoms with E-state index in [4.69, 9.17) is 4.74 Å². The molecule has 1 saturated heterocycles. The molecule has 0 radical (unpaired) electrons. The smallest absolute Gasteiger partial charge is 0.134 e. The fourth-order valence-electron chi connectivity index (χ4n) is 2.49. The van der Waals surface area contributed by atoms with E-state index in [1.54, 1.807) is 6.20 Å². The zero-order chi connectivity index (χ0) is 13.3. The Morgan fingerprint density at radius 3 is 2.94 bits per heavy atom. The van der Waals surface area contributed by atoms with E-state index in [2.05, 4.69) is 46.6 Å². The van der Waals surface area contributed by atoms with Gasteiger partial charge in [0.2, 0.25) is 0 Å². The molecule has 18 heavy (non-hydrogen) atoms. The van der Waals surface area contributed by atoms with Gasteiger partial charge in [0.1, 0.15) is 5.82 Å². The quantitative estimate of drug-likeness (QED) is 0.910. The molecule has 1 unspecified atom stereocenters. The minimum Gasteiger partial charge on any atom is -0.392 e. The maximum atomic E-state index is 9.45. The van der Waals surface area contributed by atoms with Gasteiger partial charge in [-0.1, -0.05) is 0 Å². The maximum Gasteiger partial charge on any atom is 0.134 e. The lowest BCUT2D eigenvalue weighted by atomic mass is 10.0. The summed E-state index contributed by atoms with van der Waals surface area (Å²) >= 11 is 3.38. The summed E-state index contributed by atoms with van der Waals surface area (Å²) in [5.74, 6) is 0.851. The van der Waals surface area contributed by atoms with Gasteiger partial charge in [-0.3, -0.25) is 0 Å². The normalized spacial score (nSPS) is 23.2. The lowest BCUT2D eigenvalue weighted by molar-refractivity contribution is -0.0752. The van der Waals surface area contributed by atoms with Crippen molar-refractivity contribution in [1.29, 1.82) is 0 Å². The fraction of sp³-hybridized carbons (Fsp3) is 0.615. The largest absolute Gasteiger partial charge is 0.392 e. The highest BCUT2D eigenvalue weighted by Gasteiger charge is 2.32. The molecule has 1 aliphatic rings. The SMILES string of the molecule is CC1CN(c2ncc(Br)cc2CO)CC(C)(C)O1. The minimum atomic E-state index is -0.195. The molecule has 5 heteroatoms. The monoisotopic (exact) mass is 314 g/mol. The first-order valence-corrected chi connectivity index (χ1v) is 6.88. The first-order valence-electron chi connectivity index (χ1n) is 6.09. The Morgan fingerprint density at radius 2 is 2.33 bits per heavy atom. The Kier molecular flexibility index (Phi) is 3.94. The van der Waals surface area contributed by atoms with Crippen molar-refractivity contribution in [2.24, 2.45) is 0 Å². The molecule has 1 atom stereocenters. The van der Waals surface area contributed by atoms with E-state index in [1.165, 1.54) is 0 Å². The number of hydrogen-bond acceptors (Lipinski definition) is 4. The molecule has 0 aliphatic carbocycles. The van der Waals surface area contributed by atoms with E-state index in [-0.39, 0.29) is 18.3 Å². The van der Waals surface area contributed by atoms with E-state index in [9.17, 15) is 5.11 Å². The summed E-state index contributed by atoms with van der Waals surface area (Å²) in [4.78, 5) is 6.62. The number of pyridine rings is 1. The molecule has 1 N–H and O–H groups in total. The van der Waals surface area contributed by atoms with Gasteiger partial charge in [-0.2, -0.15) is 0 Å². The van der Waals surface area contributed by atoms with Crippen molar-refractivity contribution in [2.75, 3.05) is 18.0 Å². The predicted octanol–water partition coefficient (Wildman–Crippen LogP) is 2.34. The molecule has 2 rings (SSSR count). The Balaban J connectivity index is 2.30. The molecule has 0 aromatic carbocycles. The van der Waals surface area contributed by atoms with Crippen molar-refractivity contribution in [3.05, 3.63) is 22.3 Å². The summed E-state index contributed by atoms with van der Waals surface area (Å²) in [6, 6.07) is 1.91. The highest BCUT2D eigenvalue weighted by molar-refractivity contribution is 9.10. The van der Waals surface area contributed by atoms with Gasteiger partial charge in [0.25, 0.3) is 0 Å². The van der Waals surface area contributed by atoms with Gasteiger partial charge in [0.05, 0.1) is 18.3 Å². The summed E-state index contributed by atoms with van der Waals surface area (Å²) < 4.78 is 6.77. The number of aromatic nitrogens is 1. The molecule has 0 bridgehead atoms. The summed E-state index contributed by atoms with van der Waals surface area (Å²) in [5.41, 5.74) is 0.647. The third-order valence-corrected chi connectivity index (χ3v) is 3.38. The van der Waals surface area contributed by atoms with Crippen molar-refractivity contribution < 1.29 is 9.84 Å². The van der Waals surface area contributed by atoms with Crippen LogP contribution in [0.3, 0.4) is 0 Å². The van der Waals surface area contributed by atoms with Gasteiger partial charge >= 0.3 is 0 Å². The molecule has 0 spiro atoms. The van der Waals surface area contributed by atoms with Crippen LogP contribution >= 0.6 is 15.9 Å². The van der Waals surface area contributed by atoms with Crippen LogP contribution in [0.5, 0.6) is 0 Å². The number of anilines is 1. The molecular weight excluding hydrogens is 296 g/mol. The zero-order valence-corrected chi connectivity index (χ0v) is 12.6. The second-order valence-corrected chi connectivity index (χ2v) is 6.28. The molecule has 2 heterocycles. The van der Waals surface area contributed by atoms with Crippen LogP contribution < -0.4 is 4.90 Å². The zero-order valence-electron chi connectivity index (χ0n) is 11.0. The van der Waals surface area contributed by atoms with Gasteiger partial charge in [-0.15, -0.1) is 0 Å². The van der Waals surface area contributed by atoms with Gasteiger partial charge in [-0.25, -0.2) is 4.98 Å². The third kappa shape index (κ3) is 3.02. The molecule has 0 amide bonds. The first kappa shape index (κ1) is 13.8. The van der Waals surface area contributed by atoms with Gasteiger partial charge in [0.15, 0.2) is 0 Å². The Hall–Kier alpha value is -0.650. The van der Waals surface area contributed by atoms with Gasteiger partial charge in [0, 0.05) is 29.3 Å². The van der Waals surface area contributed by atoms with E-state index >= 15 is 0 Å². The summed E-state index contributed by atoms with van der Waals surface area (Å²) in [6.45, 7) is 7.78. The molecule has 1 fully saturated rings. The molecule has 4 nitrogen and oxygen atoms in total. The molecule has 1 aromatic heterocycles. The van der Waals surface area contributed by atoms with Crippen molar-refractivity contribution in [3.63, 3.8) is 0 Å². The number of aliphatic hydroxyl groups excluding tert-OH is 1. The van der Waals surface area contributed by atoms with Crippen LogP contribution in [0.4, 0.5) is 5.82 Å². The highest BCUT2D eigenvalue weighted by atomic mass is 79.9. The topological polar surface area (TPSA) is 45.6 Å². The van der Waals surface area contributed by atoms with Gasteiger partial charge in [-0.05, 0) is 42.8 Å². The predicted molar refractivity (Wildman–Crippen MR) is 74.7 cm³/mol. The second-order valence-electron chi connectivity index (χ2n) is 5.36. The maximum absolute atomic E-state index is 9.45. The van der Waals surface area contributed by atoms with Crippen molar-refractivity contribution in [3.8, 4) is 0 Å². The first-order chi connectivity index (χ1) is 8.41. The Bertz CT molecular complexity index is 437. The number of morpholine rings is 1. The van der Waals surface area contributed by atoms with Crippen LogP contribution in [-0.2, 0) is 11.3 Å². The molecule has 1 aromatic rings. The fourth-order valence-corrected chi connectivity index (χ4v) is 2.87. The summed E-state index contributed by atoms with van der Waals surface area (Å²) in [5, 5.41) is 9.45. The van der Waals surface area contributed by atoms with Crippen LogP contribution in [0, 0.1) is 0 Å². The van der Waals surface area contributed by atoms with Crippen LogP contribution in [0.15, 0.2) is 16.7 Å². The van der Waals surface area contributed by atoms with E-state index in [1.807, 2.05) is 6.07 Å². The van der Waals surface area contributed by atoms with E-state index in [0.29, 0.717) is 0 Å². The van der Waals surface area contributed by atoms with Crippen molar-refractivity contribution >= 4 is 21.7 Å². The number of rotatable bonds is 2. The lowest BCUT2D eigenvalue weighted by Crippen LogP contribution is -2.52. The highest BCUT2D eigenvalue weighted by Crippen LogP contribution is 2.28. The number of hydrogen-bond donors (Lipinski definition) is 1. The third-order valence-electron chi connectivity index (χ3n) is 2.95. The van der Waals surface area contributed by atoms with Crippen LogP contribution in [0.25, 0.3) is 0 Å². The summed E-state index contributed by atoms with van der Waals surface area (Å²) in [7, 11) is 0. The molecule has 0 saturated carbocycles. The lowest BCUT2D eigenvalue weighted by Gasteiger charge is -2.42. The number of aliphatic hydroxyl groups is 1. The van der Waals surface area contributed by atoms with Crippen LogP contribution in [0.2, 0.25) is 0 Å². The minimum absolute atomic E-state index is 0.00601. The standard InChI is InChI=1S/C13H19BrN2O2/c1-9-6-16(8-13(2,3)18-9)12-10(7-17)4-11(14)5-15-12/h4-5,9,17H,6-8H2,1-3H3. The summed E-state index contributed by atoms with van der Waals surface area (Å²) in [6.07, 6.45) is 1.92. The number of nitrogens with zero attached hydrogens (tertiary/aromatic N) is 2. The van der Waals surface area contributed by atoms with Crippen molar-refractivity contribution in [2.45, 2.75) is 39.1 Å². The average molecular weight is 315 g/mol. The van der Waals surface area contributed by atoms with Crippen molar-refractivity contribution in [1.82, 2.24) is 4.98 Å². The Morgan fingerprint density at radius 1 is 1.61 bits per heavy atom. The van der Waals surface area contributed by atoms with Gasteiger partial charge < -0.3 is 14.7 Å². The van der Waals surface area contributed by atoms with E-state index in [0.717, 1.165) is 28.9 Å². The molecule has 100 valence electrons. The Labute approximate surface area is 116 Å². The molecular formula is C13H19BrN2O2. The molecule has 1 aliphatic heterocycles. The number of ether oxygens (including phenoxy) is 1. The van der Waals surface area contributed by atoms with E-state index < -0.39 is 0 Å². The van der Waals surface area contributed by atoms with Crippen LogP contribution in [-0.4, -0.2) is 34.9 Å². The second kappa shape index (κ2) is 5.15. The number of halogens is 1.